The number of carbonyl (C=O) groups excluding carboxylic acids is 1. The molecule has 0 unspecified atom stereocenters. The average Bonchev–Trinajstić information content (AvgIpc) is 2.70. The minimum absolute atomic E-state index is 0.125. The second-order valence-electron chi connectivity index (χ2n) is 7.43. The van der Waals surface area contributed by atoms with Gasteiger partial charge in [-0.3, -0.25) is 4.79 Å². The molecule has 1 aliphatic heterocycles. The van der Waals surface area contributed by atoms with E-state index < -0.39 is 5.60 Å². The molecule has 29 heavy (non-hydrogen) atoms. The van der Waals surface area contributed by atoms with E-state index in [9.17, 15) is 4.79 Å². The second kappa shape index (κ2) is 8.51. The molecule has 7 nitrogen and oxygen atoms in total. The van der Waals surface area contributed by atoms with Gasteiger partial charge >= 0.3 is 0 Å². The van der Waals surface area contributed by atoms with Crippen molar-refractivity contribution in [3.05, 3.63) is 42.0 Å². The summed E-state index contributed by atoms with van der Waals surface area (Å²) in [6, 6.07) is 10.6. The van der Waals surface area contributed by atoms with Gasteiger partial charge in [-0.2, -0.15) is 0 Å². The van der Waals surface area contributed by atoms with E-state index in [0.29, 0.717) is 35.2 Å². The fraction of sp³-hybridized carbons (Fsp3) is 0.409. The van der Waals surface area contributed by atoms with Crippen LogP contribution in [0.15, 0.2) is 36.4 Å². The van der Waals surface area contributed by atoms with Crippen LogP contribution in [0.25, 0.3) is 0 Å². The van der Waals surface area contributed by atoms with Gasteiger partial charge in [0.25, 0.3) is 5.91 Å². The minimum Gasteiger partial charge on any atom is -0.497 e. The lowest BCUT2D eigenvalue weighted by Gasteiger charge is -2.38. The van der Waals surface area contributed by atoms with Gasteiger partial charge in [0, 0.05) is 36.2 Å². The summed E-state index contributed by atoms with van der Waals surface area (Å²) < 4.78 is 27.4. The molecule has 3 rings (SSSR count). The largest absolute Gasteiger partial charge is 0.497 e. The first-order chi connectivity index (χ1) is 13.8. The van der Waals surface area contributed by atoms with Gasteiger partial charge in [0.1, 0.15) is 34.3 Å². The molecule has 1 atom stereocenters. The molecule has 0 aromatic heterocycles. The number of methoxy groups -OCH3 is 3. The van der Waals surface area contributed by atoms with Crippen molar-refractivity contribution in [2.24, 2.45) is 0 Å². The lowest BCUT2D eigenvalue weighted by atomic mass is 9.89. The van der Waals surface area contributed by atoms with Crippen LogP contribution in [0.3, 0.4) is 0 Å². The Morgan fingerprint density at radius 1 is 1.00 bits per heavy atom. The Kier molecular flexibility index (Phi) is 6.06. The maximum atomic E-state index is 12.6. The standard InChI is InChI=1S/C22H27NO6/c1-22(2)12-19(18-7-6-14(25-3)11-20(18)29-22)23-21(24)13-28-17-9-15(26-4)8-16(10-17)27-5/h6-11,19H,12-13H2,1-5H3,(H,23,24)/t19-/m1/s1. The van der Waals surface area contributed by atoms with Gasteiger partial charge in [-0.05, 0) is 26.0 Å². The Hall–Kier alpha value is -3.09. The molecule has 1 aliphatic rings. The Bertz CT molecular complexity index is 857. The molecule has 0 bridgehead atoms. The van der Waals surface area contributed by atoms with Crippen molar-refractivity contribution in [3.63, 3.8) is 0 Å². The fourth-order valence-corrected chi connectivity index (χ4v) is 3.34. The number of hydrogen-bond acceptors (Lipinski definition) is 6. The first kappa shape index (κ1) is 20.6. The van der Waals surface area contributed by atoms with Crippen LogP contribution >= 0.6 is 0 Å². The van der Waals surface area contributed by atoms with E-state index in [0.717, 1.165) is 5.56 Å². The smallest absolute Gasteiger partial charge is 0.258 e. The maximum Gasteiger partial charge on any atom is 0.258 e. The lowest BCUT2D eigenvalue weighted by Crippen LogP contribution is -2.42. The number of rotatable bonds is 7. The van der Waals surface area contributed by atoms with E-state index in [-0.39, 0.29) is 18.6 Å². The third-order valence-corrected chi connectivity index (χ3v) is 4.71. The number of carbonyl (C=O) groups is 1. The lowest BCUT2D eigenvalue weighted by molar-refractivity contribution is -0.124. The van der Waals surface area contributed by atoms with Gasteiger partial charge in [0.15, 0.2) is 6.61 Å². The molecule has 0 aliphatic carbocycles. The molecule has 0 fully saturated rings. The highest BCUT2D eigenvalue weighted by molar-refractivity contribution is 5.78. The summed E-state index contributed by atoms with van der Waals surface area (Å²) in [6.45, 7) is 3.86. The monoisotopic (exact) mass is 401 g/mol. The van der Waals surface area contributed by atoms with E-state index in [1.807, 2.05) is 32.0 Å². The zero-order valence-corrected chi connectivity index (χ0v) is 17.4. The highest BCUT2D eigenvalue weighted by Gasteiger charge is 2.34. The van der Waals surface area contributed by atoms with Crippen molar-refractivity contribution in [2.75, 3.05) is 27.9 Å². The number of nitrogens with one attached hydrogen (secondary N) is 1. The SMILES string of the molecule is COc1cc(OC)cc(OCC(=O)N[C@@H]2CC(C)(C)Oc3cc(OC)ccc32)c1. The molecular weight excluding hydrogens is 374 g/mol. The van der Waals surface area contributed by atoms with Gasteiger partial charge in [-0.15, -0.1) is 0 Å². The van der Waals surface area contributed by atoms with E-state index in [1.165, 1.54) is 0 Å². The molecule has 1 heterocycles. The van der Waals surface area contributed by atoms with E-state index in [2.05, 4.69) is 5.32 Å². The number of fused-ring (bicyclic) bond motifs is 1. The minimum atomic E-state index is -0.418. The second-order valence-corrected chi connectivity index (χ2v) is 7.43. The predicted molar refractivity (Wildman–Crippen MR) is 108 cm³/mol. The number of ether oxygens (including phenoxy) is 5. The molecule has 1 N–H and O–H groups in total. The zero-order chi connectivity index (χ0) is 21.0. The van der Waals surface area contributed by atoms with Gasteiger partial charge in [0.2, 0.25) is 0 Å². The highest BCUT2D eigenvalue weighted by atomic mass is 16.5. The molecule has 0 radical (unpaired) electrons. The van der Waals surface area contributed by atoms with Gasteiger partial charge in [-0.1, -0.05) is 0 Å². The van der Waals surface area contributed by atoms with E-state index in [1.54, 1.807) is 39.5 Å². The molecule has 1 amide bonds. The van der Waals surface area contributed by atoms with Crippen molar-refractivity contribution < 1.29 is 28.5 Å². The summed E-state index contributed by atoms with van der Waals surface area (Å²) >= 11 is 0. The van der Waals surface area contributed by atoms with Gasteiger partial charge in [-0.25, -0.2) is 0 Å². The molecule has 0 saturated carbocycles. The third kappa shape index (κ3) is 5.04. The normalized spacial score (nSPS) is 16.8. The van der Waals surface area contributed by atoms with Crippen LogP contribution in [0.5, 0.6) is 28.7 Å². The first-order valence-electron chi connectivity index (χ1n) is 9.36. The number of benzene rings is 2. The molecule has 7 heteroatoms. The molecule has 156 valence electrons. The average molecular weight is 401 g/mol. The molecule has 0 saturated heterocycles. The van der Waals surface area contributed by atoms with Crippen molar-refractivity contribution >= 4 is 5.91 Å². The van der Waals surface area contributed by atoms with Crippen molar-refractivity contribution in [2.45, 2.75) is 31.9 Å². The fourth-order valence-electron chi connectivity index (χ4n) is 3.34. The van der Waals surface area contributed by atoms with E-state index in [4.69, 9.17) is 23.7 Å². The molecule has 0 spiro atoms. The Morgan fingerprint density at radius 3 is 2.24 bits per heavy atom. The van der Waals surface area contributed by atoms with Gasteiger partial charge < -0.3 is 29.0 Å². The van der Waals surface area contributed by atoms with Crippen molar-refractivity contribution in [3.8, 4) is 28.7 Å². The summed E-state index contributed by atoms with van der Waals surface area (Å²) in [5.74, 6) is 2.87. The molecule has 2 aromatic carbocycles. The van der Waals surface area contributed by atoms with Crippen LogP contribution in [-0.4, -0.2) is 39.4 Å². The summed E-state index contributed by atoms with van der Waals surface area (Å²) in [6.07, 6.45) is 0.644. The third-order valence-electron chi connectivity index (χ3n) is 4.71. The maximum absolute atomic E-state index is 12.6. The van der Waals surface area contributed by atoms with Crippen LogP contribution in [0.2, 0.25) is 0 Å². The van der Waals surface area contributed by atoms with Crippen molar-refractivity contribution in [1.29, 1.82) is 0 Å². The zero-order valence-electron chi connectivity index (χ0n) is 17.4. The quantitative estimate of drug-likeness (QED) is 0.765. The van der Waals surface area contributed by atoms with Gasteiger partial charge in [0.05, 0.1) is 27.4 Å². The Labute approximate surface area is 170 Å². The van der Waals surface area contributed by atoms with Crippen LogP contribution in [0, 0.1) is 0 Å². The van der Waals surface area contributed by atoms with Crippen molar-refractivity contribution in [1.82, 2.24) is 5.32 Å². The molecule has 2 aromatic rings. The summed E-state index contributed by atoms with van der Waals surface area (Å²) in [4.78, 5) is 12.6. The molecular formula is C22H27NO6. The van der Waals surface area contributed by atoms with Crippen LogP contribution in [0.4, 0.5) is 0 Å². The number of amides is 1. The highest BCUT2D eigenvalue weighted by Crippen LogP contribution is 2.41. The van der Waals surface area contributed by atoms with E-state index >= 15 is 0 Å². The Morgan fingerprint density at radius 2 is 1.62 bits per heavy atom. The first-order valence-corrected chi connectivity index (χ1v) is 9.36. The topological polar surface area (TPSA) is 75.3 Å². The number of hydrogen-bond donors (Lipinski definition) is 1. The summed E-state index contributed by atoms with van der Waals surface area (Å²) in [7, 11) is 4.73. The van der Waals surface area contributed by atoms with Crippen LogP contribution in [-0.2, 0) is 4.79 Å². The van der Waals surface area contributed by atoms with Crippen LogP contribution in [0.1, 0.15) is 31.9 Å². The predicted octanol–water partition coefficient (Wildman–Crippen LogP) is 3.51. The summed E-state index contributed by atoms with van der Waals surface area (Å²) in [5.41, 5.74) is 0.500. The Balaban J connectivity index is 1.69. The van der Waals surface area contributed by atoms with Crippen LogP contribution < -0.4 is 29.0 Å². The summed E-state index contributed by atoms with van der Waals surface area (Å²) in [5, 5.41) is 3.05.